The Morgan fingerprint density at radius 1 is 1.50 bits per heavy atom. The summed E-state index contributed by atoms with van der Waals surface area (Å²) in [5.41, 5.74) is 0.973. The van der Waals surface area contributed by atoms with E-state index in [1.165, 1.54) is 0 Å². The highest BCUT2D eigenvalue weighted by molar-refractivity contribution is 7.80. The second-order valence-electron chi connectivity index (χ2n) is 2.38. The van der Waals surface area contributed by atoms with E-state index in [4.69, 9.17) is 0 Å². The van der Waals surface area contributed by atoms with Gasteiger partial charge in [0.15, 0.2) is 0 Å². The van der Waals surface area contributed by atoms with E-state index < -0.39 is 0 Å². The smallest absolute Gasteiger partial charge is 0.116 e. The molecule has 12 heavy (non-hydrogen) atoms. The zero-order valence-corrected chi connectivity index (χ0v) is 8.03. The summed E-state index contributed by atoms with van der Waals surface area (Å²) >= 11 is 5.95. The molecule has 0 unspecified atom stereocenters. The maximum atomic E-state index is 4.35. The largest absolute Gasteiger partial charge is 0.236 e. The van der Waals surface area contributed by atoms with Crippen LogP contribution in [0.1, 0.15) is 5.01 Å². The van der Waals surface area contributed by atoms with Gasteiger partial charge in [0.1, 0.15) is 5.01 Å². The third kappa shape index (κ3) is 1.15. The molecular weight excluding hydrogens is 186 g/mol. The molecule has 3 heteroatoms. The lowest BCUT2D eigenvalue weighted by Gasteiger charge is -1.89. The van der Waals surface area contributed by atoms with Crippen LogP contribution in [0.4, 0.5) is 0 Å². The summed E-state index contributed by atoms with van der Waals surface area (Å²) in [4.78, 5) is 5.28. The summed E-state index contributed by atoms with van der Waals surface area (Å²) in [6.07, 6.45) is 1.76. The normalized spacial score (nSPS) is 10.4. The van der Waals surface area contributed by atoms with Crippen LogP contribution in [0, 0.1) is 0 Å². The Kier molecular flexibility index (Phi) is 1.90. The van der Waals surface area contributed by atoms with Crippen LogP contribution in [0.15, 0.2) is 29.7 Å². The first-order chi connectivity index (χ1) is 5.81. The van der Waals surface area contributed by atoms with Crippen molar-refractivity contribution >= 4 is 40.3 Å². The standard InChI is InChI=1S/C9H7NS2/c1-2-8-10-9-6(11)4-3-5-7(9)12-8/h2-5,11H,1H2. The van der Waals surface area contributed by atoms with Crippen LogP contribution in [0.25, 0.3) is 16.3 Å². The highest BCUT2D eigenvalue weighted by atomic mass is 32.1. The van der Waals surface area contributed by atoms with Crippen LogP contribution in [0.2, 0.25) is 0 Å². The van der Waals surface area contributed by atoms with Gasteiger partial charge in [-0.3, -0.25) is 0 Å². The quantitative estimate of drug-likeness (QED) is 0.686. The number of nitrogens with zero attached hydrogens (tertiary/aromatic N) is 1. The SMILES string of the molecule is C=Cc1nc2c(S)cccc2s1. The van der Waals surface area contributed by atoms with Crippen molar-refractivity contribution in [1.82, 2.24) is 4.98 Å². The Labute approximate surface area is 80.2 Å². The molecule has 0 spiro atoms. The third-order valence-corrected chi connectivity index (χ3v) is 2.97. The van der Waals surface area contributed by atoms with Gasteiger partial charge in [0, 0.05) is 4.90 Å². The summed E-state index contributed by atoms with van der Waals surface area (Å²) in [7, 11) is 0. The molecule has 0 aliphatic carbocycles. The molecule has 0 bridgehead atoms. The van der Waals surface area contributed by atoms with Gasteiger partial charge in [-0.2, -0.15) is 0 Å². The van der Waals surface area contributed by atoms with E-state index in [9.17, 15) is 0 Å². The predicted molar refractivity (Wildman–Crippen MR) is 57.0 cm³/mol. The molecule has 2 aromatic rings. The summed E-state index contributed by atoms with van der Waals surface area (Å²) in [6.45, 7) is 3.68. The van der Waals surface area contributed by atoms with Crippen LogP contribution in [-0.4, -0.2) is 4.98 Å². The second-order valence-corrected chi connectivity index (χ2v) is 3.92. The van der Waals surface area contributed by atoms with Crippen molar-refractivity contribution in [3.05, 3.63) is 29.8 Å². The number of rotatable bonds is 1. The van der Waals surface area contributed by atoms with Gasteiger partial charge in [-0.05, 0) is 18.2 Å². The molecule has 0 atom stereocenters. The fourth-order valence-electron chi connectivity index (χ4n) is 1.04. The zero-order valence-electron chi connectivity index (χ0n) is 6.32. The number of hydrogen-bond acceptors (Lipinski definition) is 3. The van der Waals surface area contributed by atoms with E-state index in [1.807, 2.05) is 18.2 Å². The highest BCUT2D eigenvalue weighted by Crippen LogP contribution is 2.26. The average Bonchev–Trinajstić information content (AvgIpc) is 2.49. The summed E-state index contributed by atoms with van der Waals surface area (Å²) in [5, 5.41) is 0.950. The Morgan fingerprint density at radius 2 is 2.33 bits per heavy atom. The second kappa shape index (κ2) is 2.92. The fourth-order valence-corrected chi connectivity index (χ4v) is 2.22. The van der Waals surface area contributed by atoms with Gasteiger partial charge < -0.3 is 0 Å². The van der Waals surface area contributed by atoms with Crippen LogP contribution in [0.3, 0.4) is 0 Å². The van der Waals surface area contributed by atoms with E-state index in [0.717, 1.165) is 20.1 Å². The maximum Gasteiger partial charge on any atom is 0.116 e. The van der Waals surface area contributed by atoms with Gasteiger partial charge in [-0.25, -0.2) is 4.98 Å². The molecule has 1 aromatic carbocycles. The molecule has 0 aliphatic rings. The average molecular weight is 193 g/mol. The fraction of sp³-hybridized carbons (Fsp3) is 0. The van der Waals surface area contributed by atoms with E-state index in [1.54, 1.807) is 17.4 Å². The molecule has 0 aliphatic heterocycles. The minimum Gasteiger partial charge on any atom is -0.236 e. The monoisotopic (exact) mass is 193 g/mol. The van der Waals surface area contributed by atoms with Crippen LogP contribution in [-0.2, 0) is 0 Å². The molecule has 2 rings (SSSR count). The van der Waals surface area contributed by atoms with Crippen molar-refractivity contribution in [1.29, 1.82) is 0 Å². The number of para-hydroxylation sites is 1. The molecular formula is C9H7NS2. The van der Waals surface area contributed by atoms with Gasteiger partial charge >= 0.3 is 0 Å². The van der Waals surface area contributed by atoms with Crippen molar-refractivity contribution in [3.8, 4) is 0 Å². The van der Waals surface area contributed by atoms with Crippen molar-refractivity contribution < 1.29 is 0 Å². The van der Waals surface area contributed by atoms with Crippen LogP contribution < -0.4 is 0 Å². The Balaban J connectivity index is 2.82. The van der Waals surface area contributed by atoms with Crippen molar-refractivity contribution in [2.24, 2.45) is 0 Å². The summed E-state index contributed by atoms with van der Waals surface area (Å²) in [6, 6.07) is 5.97. The van der Waals surface area contributed by atoms with Crippen molar-refractivity contribution in [2.75, 3.05) is 0 Å². The predicted octanol–water partition coefficient (Wildman–Crippen LogP) is 3.23. The number of thiol groups is 1. The molecule has 1 aromatic heterocycles. The minimum absolute atomic E-state index is 0.928. The van der Waals surface area contributed by atoms with E-state index in [-0.39, 0.29) is 0 Å². The van der Waals surface area contributed by atoms with Crippen LogP contribution >= 0.6 is 24.0 Å². The van der Waals surface area contributed by atoms with Gasteiger partial charge in [0.25, 0.3) is 0 Å². The van der Waals surface area contributed by atoms with Gasteiger partial charge in [0.2, 0.25) is 0 Å². The molecule has 0 N–H and O–H groups in total. The summed E-state index contributed by atoms with van der Waals surface area (Å²) in [5.74, 6) is 0. The lowest BCUT2D eigenvalue weighted by Crippen LogP contribution is -1.70. The van der Waals surface area contributed by atoms with Crippen LogP contribution in [0.5, 0.6) is 0 Å². The minimum atomic E-state index is 0.928. The Bertz CT molecular complexity index is 431. The molecule has 0 saturated carbocycles. The number of hydrogen-bond donors (Lipinski definition) is 1. The summed E-state index contributed by atoms with van der Waals surface area (Å²) < 4.78 is 1.16. The number of benzene rings is 1. The molecule has 60 valence electrons. The highest BCUT2D eigenvalue weighted by Gasteiger charge is 2.02. The number of fused-ring (bicyclic) bond motifs is 1. The molecule has 1 heterocycles. The number of aromatic nitrogens is 1. The first-order valence-corrected chi connectivity index (χ1v) is 4.78. The van der Waals surface area contributed by atoms with Gasteiger partial charge in [0.05, 0.1) is 10.2 Å². The molecule has 0 radical (unpaired) electrons. The van der Waals surface area contributed by atoms with Gasteiger partial charge in [-0.15, -0.1) is 24.0 Å². The lowest BCUT2D eigenvalue weighted by atomic mass is 10.3. The van der Waals surface area contributed by atoms with Crippen molar-refractivity contribution in [3.63, 3.8) is 0 Å². The van der Waals surface area contributed by atoms with Crippen molar-refractivity contribution in [2.45, 2.75) is 4.90 Å². The molecule has 0 amide bonds. The zero-order chi connectivity index (χ0) is 8.55. The topological polar surface area (TPSA) is 12.9 Å². The van der Waals surface area contributed by atoms with E-state index >= 15 is 0 Å². The first kappa shape index (κ1) is 7.83. The lowest BCUT2D eigenvalue weighted by molar-refractivity contribution is 1.40. The molecule has 1 nitrogen and oxygen atoms in total. The van der Waals surface area contributed by atoms with E-state index in [2.05, 4.69) is 24.2 Å². The third-order valence-electron chi connectivity index (χ3n) is 1.59. The Hall–Kier alpha value is -0.800. The number of thiazole rings is 1. The van der Waals surface area contributed by atoms with Gasteiger partial charge in [-0.1, -0.05) is 12.6 Å². The first-order valence-electron chi connectivity index (χ1n) is 3.52. The molecule has 0 fully saturated rings. The maximum absolute atomic E-state index is 4.35. The van der Waals surface area contributed by atoms with E-state index in [0.29, 0.717) is 0 Å². The molecule has 0 saturated heterocycles. The Morgan fingerprint density at radius 3 is 3.00 bits per heavy atom.